The average molecular weight is 254 g/mol. The van der Waals surface area contributed by atoms with Crippen molar-refractivity contribution in [3.63, 3.8) is 0 Å². The lowest BCUT2D eigenvalue weighted by Crippen LogP contribution is -2.49. The minimum Gasteiger partial charge on any atom is -0.464 e. The largest absolute Gasteiger partial charge is 0.464 e. The maximum absolute atomic E-state index is 11.6. The zero-order valence-corrected chi connectivity index (χ0v) is 10.5. The van der Waals surface area contributed by atoms with E-state index in [0.717, 1.165) is 5.69 Å². The summed E-state index contributed by atoms with van der Waals surface area (Å²) in [7, 11) is 0. The van der Waals surface area contributed by atoms with Crippen LogP contribution >= 0.6 is 0 Å². The van der Waals surface area contributed by atoms with Crippen molar-refractivity contribution in [1.29, 1.82) is 0 Å². The molecular formula is C12H18N2O4. The lowest BCUT2D eigenvalue weighted by molar-refractivity contribution is -0.170. The second kappa shape index (κ2) is 5.49. The summed E-state index contributed by atoms with van der Waals surface area (Å²) in [5.74, 6) is -0.508. The first-order chi connectivity index (χ1) is 8.64. The lowest BCUT2D eigenvalue weighted by Gasteiger charge is -2.35. The van der Waals surface area contributed by atoms with Crippen LogP contribution in [0.2, 0.25) is 0 Å². The van der Waals surface area contributed by atoms with E-state index in [4.69, 9.17) is 9.26 Å². The van der Waals surface area contributed by atoms with E-state index in [1.54, 1.807) is 6.92 Å². The van der Waals surface area contributed by atoms with Crippen molar-refractivity contribution in [3.05, 3.63) is 18.0 Å². The summed E-state index contributed by atoms with van der Waals surface area (Å²) in [5.41, 5.74) is -0.465. The second-order valence-corrected chi connectivity index (χ2v) is 4.52. The molecule has 1 aliphatic heterocycles. The van der Waals surface area contributed by atoms with Gasteiger partial charge in [0.25, 0.3) is 0 Å². The Bertz CT molecular complexity index is 383. The fourth-order valence-corrected chi connectivity index (χ4v) is 2.10. The van der Waals surface area contributed by atoms with Crippen molar-refractivity contribution in [2.45, 2.75) is 31.9 Å². The van der Waals surface area contributed by atoms with Crippen LogP contribution in [0.1, 0.15) is 25.5 Å². The summed E-state index contributed by atoms with van der Waals surface area (Å²) < 4.78 is 9.66. The van der Waals surface area contributed by atoms with Gasteiger partial charge in [0.2, 0.25) is 0 Å². The van der Waals surface area contributed by atoms with E-state index in [0.29, 0.717) is 39.1 Å². The Balaban J connectivity index is 1.85. The van der Waals surface area contributed by atoms with Crippen LogP contribution in [0.4, 0.5) is 0 Å². The minimum atomic E-state index is -1.32. The monoisotopic (exact) mass is 254 g/mol. The molecule has 2 rings (SSSR count). The number of esters is 1. The van der Waals surface area contributed by atoms with Crippen LogP contribution in [0, 0.1) is 0 Å². The molecule has 1 fully saturated rings. The molecule has 0 amide bonds. The second-order valence-electron chi connectivity index (χ2n) is 4.52. The molecule has 0 aliphatic carbocycles. The molecule has 6 heteroatoms. The molecule has 0 saturated carbocycles. The summed E-state index contributed by atoms with van der Waals surface area (Å²) in [5, 5.41) is 14.0. The number of hydrogen-bond donors (Lipinski definition) is 1. The third-order valence-electron chi connectivity index (χ3n) is 3.22. The molecule has 1 aromatic rings. The molecule has 1 saturated heterocycles. The number of aliphatic hydroxyl groups is 1. The smallest absolute Gasteiger partial charge is 0.338 e. The molecule has 1 aromatic heterocycles. The number of piperidine rings is 1. The summed E-state index contributed by atoms with van der Waals surface area (Å²) in [6.45, 7) is 3.99. The fourth-order valence-electron chi connectivity index (χ4n) is 2.10. The summed E-state index contributed by atoms with van der Waals surface area (Å²) >= 11 is 0. The molecule has 100 valence electrons. The van der Waals surface area contributed by atoms with E-state index in [9.17, 15) is 9.90 Å². The highest BCUT2D eigenvalue weighted by Crippen LogP contribution is 2.24. The van der Waals surface area contributed by atoms with E-state index < -0.39 is 11.6 Å². The van der Waals surface area contributed by atoms with Crippen LogP contribution in [0.5, 0.6) is 0 Å². The average Bonchev–Trinajstić information content (AvgIpc) is 2.85. The Hall–Kier alpha value is -1.40. The number of aromatic nitrogens is 1. The molecule has 0 radical (unpaired) electrons. The molecule has 6 nitrogen and oxygen atoms in total. The SMILES string of the molecule is CCOC(=O)C1(O)CCN(Cc2ccon2)CC1. The highest BCUT2D eigenvalue weighted by atomic mass is 16.5. The Labute approximate surface area is 106 Å². The van der Waals surface area contributed by atoms with Gasteiger partial charge in [0.15, 0.2) is 5.60 Å². The molecule has 0 bridgehead atoms. The molecule has 0 atom stereocenters. The zero-order chi connectivity index (χ0) is 13.0. The maximum atomic E-state index is 11.6. The van der Waals surface area contributed by atoms with Crippen molar-refractivity contribution >= 4 is 5.97 Å². The number of likely N-dealkylation sites (tertiary alicyclic amines) is 1. The topological polar surface area (TPSA) is 75.8 Å². The first-order valence-electron chi connectivity index (χ1n) is 6.15. The number of hydrogen-bond acceptors (Lipinski definition) is 6. The van der Waals surface area contributed by atoms with Gasteiger partial charge in [-0.05, 0) is 19.8 Å². The molecule has 0 spiro atoms. The molecule has 1 aliphatic rings. The van der Waals surface area contributed by atoms with Crippen LogP contribution in [-0.4, -0.2) is 46.4 Å². The number of nitrogens with zero attached hydrogens (tertiary/aromatic N) is 2. The summed E-state index contributed by atoms with van der Waals surface area (Å²) in [6, 6.07) is 1.81. The highest BCUT2D eigenvalue weighted by Gasteiger charge is 2.40. The number of carbonyl (C=O) groups excluding carboxylic acids is 1. The molecule has 0 unspecified atom stereocenters. The van der Waals surface area contributed by atoms with Gasteiger partial charge in [0.05, 0.1) is 12.3 Å². The zero-order valence-electron chi connectivity index (χ0n) is 10.5. The minimum absolute atomic E-state index is 0.295. The van der Waals surface area contributed by atoms with Crippen LogP contribution in [0.3, 0.4) is 0 Å². The van der Waals surface area contributed by atoms with Gasteiger partial charge in [0, 0.05) is 25.7 Å². The Morgan fingerprint density at radius 3 is 2.89 bits per heavy atom. The third-order valence-corrected chi connectivity index (χ3v) is 3.22. The van der Waals surface area contributed by atoms with Gasteiger partial charge in [0.1, 0.15) is 6.26 Å². The molecule has 1 N–H and O–H groups in total. The normalized spacial score (nSPS) is 19.7. The number of carbonyl (C=O) groups is 1. The van der Waals surface area contributed by atoms with Crippen LogP contribution in [0.15, 0.2) is 16.9 Å². The maximum Gasteiger partial charge on any atom is 0.338 e. The van der Waals surface area contributed by atoms with Crippen LogP contribution in [0.25, 0.3) is 0 Å². The van der Waals surface area contributed by atoms with Crippen molar-refractivity contribution in [1.82, 2.24) is 10.1 Å². The van der Waals surface area contributed by atoms with Crippen molar-refractivity contribution in [2.75, 3.05) is 19.7 Å². The van der Waals surface area contributed by atoms with Gasteiger partial charge >= 0.3 is 5.97 Å². The lowest BCUT2D eigenvalue weighted by atomic mass is 9.91. The quantitative estimate of drug-likeness (QED) is 0.791. The predicted molar refractivity (Wildman–Crippen MR) is 62.6 cm³/mol. The molecule has 2 heterocycles. The van der Waals surface area contributed by atoms with Crippen LogP contribution < -0.4 is 0 Å². The molecular weight excluding hydrogens is 236 g/mol. The van der Waals surface area contributed by atoms with Crippen molar-refractivity contribution < 1.29 is 19.2 Å². The van der Waals surface area contributed by atoms with Crippen LogP contribution in [-0.2, 0) is 16.1 Å². The van der Waals surface area contributed by atoms with Gasteiger partial charge < -0.3 is 14.4 Å². The summed E-state index contributed by atoms with van der Waals surface area (Å²) in [6.07, 6.45) is 2.32. The Kier molecular flexibility index (Phi) is 3.98. The Morgan fingerprint density at radius 2 is 2.33 bits per heavy atom. The van der Waals surface area contributed by atoms with Gasteiger partial charge in [-0.3, -0.25) is 4.90 Å². The first-order valence-corrected chi connectivity index (χ1v) is 6.15. The van der Waals surface area contributed by atoms with E-state index in [-0.39, 0.29) is 0 Å². The molecule has 0 aromatic carbocycles. The van der Waals surface area contributed by atoms with Crippen molar-refractivity contribution in [3.8, 4) is 0 Å². The van der Waals surface area contributed by atoms with E-state index in [1.807, 2.05) is 6.07 Å². The van der Waals surface area contributed by atoms with Gasteiger partial charge in [-0.25, -0.2) is 4.79 Å². The molecule has 18 heavy (non-hydrogen) atoms. The fraction of sp³-hybridized carbons (Fsp3) is 0.667. The van der Waals surface area contributed by atoms with Gasteiger partial charge in [-0.2, -0.15) is 0 Å². The Morgan fingerprint density at radius 1 is 1.61 bits per heavy atom. The van der Waals surface area contributed by atoms with E-state index in [2.05, 4.69) is 10.1 Å². The predicted octanol–water partition coefficient (Wildman–Crippen LogP) is 0.565. The van der Waals surface area contributed by atoms with E-state index in [1.165, 1.54) is 6.26 Å². The van der Waals surface area contributed by atoms with Gasteiger partial charge in [-0.1, -0.05) is 5.16 Å². The van der Waals surface area contributed by atoms with Crippen molar-refractivity contribution in [2.24, 2.45) is 0 Å². The summed E-state index contributed by atoms with van der Waals surface area (Å²) in [4.78, 5) is 13.8. The first kappa shape index (κ1) is 13.0. The standard InChI is InChI=1S/C12H18N2O4/c1-2-17-11(15)12(16)4-6-14(7-5-12)9-10-3-8-18-13-10/h3,8,16H,2,4-7,9H2,1H3. The highest BCUT2D eigenvalue weighted by molar-refractivity contribution is 5.79. The third kappa shape index (κ3) is 2.88. The van der Waals surface area contributed by atoms with E-state index >= 15 is 0 Å². The number of ether oxygens (including phenoxy) is 1. The number of rotatable bonds is 4. The van der Waals surface area contributed by atoms with Gasteiger partial charge in [-0.15, -0.1) is 0 Å².